The molecule has 0 spiro atoms. The summed E-state index contributed by atoms with van der Waals surface area (Å²) in [6.07, 6.45) is 3.55. The summed E-state index contributed by atoms with van der Waals surface area (Å²) >= 11 is 0. The van der Waals surface area contributed by atoms with Gasteiger partial charge in [-0.25, -0.2) is 19.3 Å². The highest BCUT2D eigenvalue weighted by Crippen LogP contribution is 2.35. The molecule has 36 heavy (non-hydrogen) atoms. The molecule has 0 saturated carbocycles. The first-order valence-corrected chi connectivity index (χ1v) is 11.8. The van der Waals surface area contributed by atoms with Gasteiger partial charge in [0, 0.05) is 19.0 Å². The number of nitrogens with one attached hydrogen (secondary N) is 1. The fourth-order valence-electron chi connectivity index (χ4n) is 4.97. The van der Waals surface area contributed by atoms with E-state index in [1.54, 1.807) is 0 Å². The van der Waals surface area contributed by atoms with Crippen molar-refractivity contribution in [1.82, 2.24) is 19.9 Å². The van der Waals surface area contributed by atoms with E-state index in [1.165, 1.54) is 24.5 Å². The first-order valence-electron chi connectivity index (χ1n) is 11.8. The molecule has 3 aliphatic heterocycles. The van der Waals surface area contributed by atoms with E-state index in [4.69, 9.17) is 14.5 Å². The molecular formula is C25H24F2N6O3. The fraction of sp³-hybridized carbons (Fsp3) is 0.360. The van der Waals surface area contributed by atoms with Crippen molar-refractivity contribution < 1.29 is 23.0 Å². The Bertz CT molecular complexity index is 1350. The number of carbonyl (C=O) groups excluding carboxylic acids is 1. The molecule has 3 fully saturated rings. The van der Waals surface area contributed by atoms with Gasteiger partial charge in [-0.1, -0.05) is 6.58 Å². The maximum atomic E-state index is 14.9. The average Bonchev–Trinajstić information content (AvgIpc) is 3.48. The van der Waals surface area contributed by atoms with E-state index in [2.05, 4.69) is 26.8 Å². The molecule has 2 atom stereocenters. The second-order valence-corrected chi connectivity index (χ2v) is 9.23. The van der Waals surface area contributed by atoms with Crippen LogP contribution in [0.2, 0.25) is 0 Å². The number of aromatic nitrogens is 3. The molecule has 3 saturated heterocycles. The van der Waals surface area contributed by atoms with Gasteiger partial charge in [0.15, 0.2) is 17.4 Å². The summed E-state index contributed by atoms with van der Waals surface area (Å²) in [5, 5.41) is 2.87. The molecule has 1 aromatic carbocycles. The average molecular weight is 495 g/mol. The second-order valence-electron chi connectivity index (χ2n) is 9.23. The predicted molar refractivity (Wildman–Crippen MR) is 128 cm³/mol. The quantitative estimate of drug-likeness (QED) is 0.501. The molecular weight excluding hydrogens is 470 g/mol. The minimum atomic E-state index is -1.07. The van der Waals surface area contributed by atoms with Gasteiger partial charge in [-0.05, 0) is 36.8 Å². The number of amides is 1. The highest BCUT2D eigenvalue weighted by atomic mass is 19.2. The molecule has 5 heterocycles. The summed E-state index contributed by atoms with van der Waals surface area (Å²) in [6.45, 7) is 6.24. The molecule has 1 amide bonds. The zero-order chi connectivity index (χ0) is 24.8. The van der Waals surface area contributed by atoms with Crippen molar-refractivity contribution >= 4 is 34.3 Å². The van der Waals surface area contributed by atoms with Crippen LogP contribution in [0, 0.1) is 17.6 Å². The van der Waals surface area contributed by atoms with Crippen LogP contribution >= 0.6 is 0 Å². The number of carbonyl (C=O) groups is 1. The monoisotopic (exact) mass is 494 g/mol. The van der Waals surface area contributed by atoms with E-state index in [1.807, 2.05) is 17.0 Å². The number of ether oxygens (including phenoxy) is 2. The number of nitrogens with zero attached hydrogens (tertiary/aromatic N) is 5. The molecule has 0 aliphatic carbocycles. The first-order chi connectivity index (χ1) is 17.5. The number of anilines is 3. The van der Waals surface area contributed by atoms with Crippen LogP contribution in [0.25, 0.3) is 11.0 Å². The number of hydrogen-bond donors (Lipinski definition) is 1. The van der Waals surface area contributed by atoms with Crippen molar-refractivity contribution in [2.45, 2.75) is 18.5 Å². The lowest BCUT2D eigenvalue weighted by atomic mass is 10.1. The molecule has 11 heteroatoms. The number of hydrogen-bond acceptors (Lipinski definition) is 8. The van der Waals surface area contributed by atoms with Crippen molar-refractivity contribution in [2.75, 3.05) is 43.1 Å². The minimum Gasteiger partial charge on any atom is -0.490 e. The van der Waals surface area contributed by atoms with E-state index >= 15 is 0 Å². The number of fused-ring (bicyclic) bond motifs is 3. The molecule has 0 radical (unpaired) electrons. The van der Waals surface area contributed by atoms with Crippen molar-refractivity contribution in [1.29, 1.82) is 0 Å². The molecule has 2 aromatic heterocycles. The van der Waals surface area contributed by atoms with Gasteiger partial charge in [-0.3, -0.25) is 4.79 Å². The van der Waals surface area contributed by atoms with Crippen molar-refractivity contribution in [2.24, 2.45) is 5.92 Å². The summed E-state index contributed by atoms with van der Waals surface area (Å²) in [5.74, 6) is -1.18. The lowest BCUT2D eigenvalue weighted by molar-refractivity contribution is -0.127. The first kappa shape index (κ1) is 22.6. The number of benzene rings is 1. The maximum absolute atomic E-state index is 14.9. The maximum Gasteiger partial charge on any atom is 0.246 e. The van der Waals surface area contributed by atoms with Gasteiger partial charge < -0.3 is 24.6 Å². The summed E-state index contributed by atoms with van der Waals surface area (Å²) in [6, 6.07) is 6.75. The smallest absolute Gasteiger partial charge is 0.246 e. The number of halogens is 2. The predicted octanol–water partition coefficient (Wildman–Crippen LogP) is 3.05. The van der Waals surface area contributed by atoms with Gasteiger partial charge in [0.1, 0.15) is 17.7 Å². The lowest BCUT2D eigenvalue weighted by Crippen LogP contribution is -2.48. The third-order valence-electron chi connectivity index (χ3n) is 6.94. The van der Waals surface area contributed by atoms with E-state index in [0.717, 1.165) is 6.42 Å². The highest BCUT2D eigenvalue weighted by molar-refractivity contribution is 5.89. The van der Waals surface area contributed by atoms with Gasteiger partial charge in [0.2, 0.25) is 11.7 Å². The number of pyridine rings is 1. The van der Waals surface area contributed by atoms with Crippen LogP contribution in [0.3, 0.4) is 0 Å². The van der Waals surface area contributed by atoms with E-state index in [-0.39, 0.29) is 47.8 Å². The molecule has 6 rings (SSSR count). The number of likely N-dealkylation sites (tertiary alicyclic amines) is 1. The number of piperazine rings is 1. The Morgan fingerprint density at radius 3 is 2.75 bits per heavy atom. The summed E-state index contributed by atoms with van der Waals surface area (Å²) in [5.41, 5.74) is 0.910. The molecule has 2 bridgehead atoms. The molecule has 9 nitrogen and oxygen atoms in total. The zero-order valence-corrected chi connectivity index (χ0v) is 19.4. The van der Waals surface area contributed by atoms with Crippen LogP contribution in [-0.4, -0.2) is 70.8 Å². The van der Waals surface area contributed by atoms with Crippen LogP contribution in [0.5, 0.6) is 5.75 Å². The van der Waals surface area contributed by atoms with Gasteiger partial charge in [-0.2, -0.15) is 4.39 Å². The van der Waals surface area contributed by atoms with Gasteiger partial charge >= 0.3 is 0 Å². The second kappa shape index (κ2) is 8.98. The van der Waals surface area contributed by atoms with Gasteiger partial charge in [-0.15, -0.1) is 0 Å². The van der Waals surface area contributed by atoms with Crippen LogP contribution in [-0.2, 0) is 9.53 Å². The zero-order valence-electron chi connectivity index (χ0n) is 19.4. The summed E-state index contributed by atoms with van der Waals surface area (Å²) in [4.78, 5) is 29.3. The summed E-state index contributed by atoms with van der Waals surface area (Å²) in [7, 11) is 0. The van der Waals surface area contributed by atoms with Gasteiger partial charge in [0.25, 0.3) is 0 Å². The van der Waals surface area contributed by atoms with Crippen LogP contribution in [0.15, 0.2) is 43.2 Å². The molecule has 186 valence electrons. The van der Waals surface area contributed by atoms with Crippen LogP contribution in [0.4, 0.5) is 26.1 Å². The lowest BCUT2D eigenvalue weighted by Gasteiger charge is -2.34. The topological polar surface area (TPSA) is 92.7 Å². The Labute approximate surface area is 205 Å². The normalized spacial score (nSPS) is 21.1. The Balaban J connectivity index is 1.24. The Hall–Kier alpha value is -3.86. The standard InChI is InChI=1S/C25H24F2N6O3/c1-2-21(34)33-9-15-7-16(33)8-32(15)20-6-4-18-24(31-20)25(29-13-28-18)30-17-3-5-19(23(27)22(17)26)36-12-14-10-35-11-14/h2-6,13-16H,1,7-12H2,(H,28,29,30)/t15-,16-/m0/s1. The Kier molecular flexibility index (Phi) is 5.63. The largest absolute Gasteiger partial charge is 0.490 e. The van der Waals surface area contributed by atoms with Crippen molar-refractivity contribution in [3.8, 4) is 5.75 Å². The third-order valence-corrected chi connectivity index (χ3v) is 6.94. The number of rotatable bonds is 7. The van der Waals surface area contributed by atoms with Crippen molar-refractivity contribution in [3.05, 3.63) is 54.9 Å². The van der Waals surface area contributed by atoms with E-state index in [0.29, 0.717) is 43.2 Å². The van der Waals surface area contributed by atoms with Crippen LogP contribution < -0.4 is 15.0 Å². The van der Waals surface area contributed by atoms with Gasteiger partial charge in [0.05, 0.1) is 43.1 Å². The fourth-order valence-corrected chi connectivity index (χ4v) is 4.97. The van der Waals surface area contributed by atoms with E-state index in [9.17, 15) is 13.6 Å². The molecule has 3 aliphatic rings. The van der Waals surface area contributed by atoms with Crippen molar-refractivity contribution in [3.63, 3.8) is 0 Å². The third kappa shape index (κ3) is 3.89. The Morgan fingerprint density at radius 1 is 1.17 bits per heavy atom. The van der Waals surface area contributed by atoms with Crippen LogP contribution in [0.1, 0.15) is 6.42 Å². The molecule has 3 aromatic rings. The van der Waals surface area contributed by atoms with E-state index < -0.39 is 11.6 Å². The Morgan fingerprint density at radius 2 is 2.03 bits per heavy atom. The highest BCUT2D eigenvalue weighted by Gasteiger charge is 2.45. The molecule has 0 unspecified atom stereocenters. The SMILES string of the molecule is C=CC(=O)N1C[C@@H]2C[C@H]1CN2c1ccc2ncnc(Nc3ccc(OCC4COC4)c(F)c3F)c2n1. The summed E-state index contributed by atoms with van der Waals surface area (Å²) < 4.78 is 40.0. The molecule has 1 N–H and O–H groups in total. The minimum absolute atomic E-state index is 0.0590.